The van der Waals surface area contributed by atoms with Crippen LogP contribution in [0.1, 0.15) is 30.9 Å². The van der Waals surface area contributed by atoms with E-state index in [9.17, 15) is 9.59 Å². The number of amides is 1. The molecule has 39 heavy (non-hydrogen) atoms. The van der Waals surface area contributed by atoms with Crippen LogP contribution < -0.4 is 19.5 Å². The first kappa shape index (κ1) is 28.0. The van der Waals surface area contributed by atoms with Crippen LogP contribution in [0.5, 0.6) is 17.2 Å². The lowest BCUT2D eigenvalue weighted by molar-refractivity contribution is -0.149. The minimum absolute atomic E-state index is 0.0102. The van der Waals surface area contributed by atoms with Crippen LogP contribution in [-0.2, 0) is 22.7 Å². The van der Waals surface area contributed by atoms with Gasteiger partial charge < -0.3 is 24.3 Å². The van der Waals surface area contributed by atoms with E-state index in [0.717, 1.165) is 49.4 Å². The predicted octanol–water partition coefficient (Wildman–Crippen LogP) is 5.21. The van der Waals surface area contributed by atoms with Gasteiger partial charge in [-0.2, -0.15) is 0 Å². The third-order valence-corrected chi connectivity index (χ3v) is 6.50. The summed E-state index contributed by atoms with van der Waals surface area (Å²) in [7, 11) is 0. The average molecular weight is 533 g/mol. The molecule has 1 fully saturated rings. The second kappa shape index (κ2) is 14.8. The molecular weight excluding hydrogens is 496 g/mol. The van der Waals surface area contributed by atoms with Crippen molar-refractivity contribution in [2.75, 3.05) is 32.8 Å². The highest BCUT2D eigenvalue weighted by Crippen LogP contribution is 2.20. The summed E-state index contributed by atoms with van der Waals surface area (Å²) >= 11 is 0. The van der Waals surface area contributed by atoms with Gasteiger partial charge in [0.25, 0.3) is 0 Å². The molecule has 0 radical (unpaired) electrons. The summed E-state index contributed by atoms with van der Waals surface area (Å²) in [4.78, 5) is 26.4. The number of benzene rings is 3. The minimum Gasteiger partial charge on any atom is -0.492 e. The second-order valence-corrected chi connectivity index (χ2v) is 9.35. The van der Waals surface area contributed by atoms with Crippen LogP contribution in [0.4, 0.5) is 4.79 Å². The van der Waals surface area contributed by atoms with E-state index in [1.807, 2.05) is 61.5 Å². The van der Waals surface area contributed by atoms with E-state index in [2.05, 4.69) is 10.2 Å². The molecule has 3 aromatic carbocycles. The molecule has 1 amide bonds. The maximum Gasteiger partial charge on any atom is 0.412 e. The number of hydrogen-bond acceptors (Lipinski definition) is 7. The van der Waals surface area contributed by atoms with E-state index in [1.165, 1.54) is 0 Å². The molecule has 206 valence electrons. The fraction of sp³-hybridized carbons (Fsp3) is 0.355. The van der Waals surface area contributed by atoms with Crippen LogP contribution in [0.2, 0.25) is 0 Å². The Morgan fingerprint density at radius 2 is 1.56 bits per heavy atom. The summed E-state index contributed by atoms with van der Waals surface area (Å²) in [6.07, 6.45) is 1.10. The average Bonchev–Trinajstić information content (AvgIpc) is 2.97. The Balaban J connectivity index is 1.13. The number of esters is 1. The molecule has 0 aromatic heterocycles. The van der Waals surface area contributed by atoms with Gasteiger partial charge in [-0.3, -0.25) is 9.69 Å². The van der Waals surface area contributed by atoms with Gasteiger partial charge in [-0.25, -0.2) is 4.79 Å². The van der Waals surface area contributed by atoms with Gasteiger partial charge in [0.05, 0.1) is 12.5 Å². The Morgan fingerprint density at radius 3 is 2.31 bits per heavy atom. The van der Waals surface area contributed by atoms with Crippen LogP contribution in [0.3, 0.4) is 0 Å². The largest absolute Gasteiger partial charge is 0.492 e. The molecule has 1 aliphatic heterocycles. The number of carbonyl (C=O) groups is 2. The topological polar surface area (TPSA) is 86.3 Å². The normalized spacial score (nSPS) is 13.9. The molecule has 1 N–H and O–H groups in total. The lowest BCUT2D eigenvalue weighted by Crippen LogP contribution is -2.39. The molecule has 0 unspecified atom stereocenters. The fourth-order valence-corrected chi connectivity index (χ4v) is 4.35. The highest BCUT2D eigenvalue weighted by Gasteiger charge is 2.25. The summed E-state index contributed by atoms with van der Waals surface area (Å²) in [6.45, 7) is 6.12. The van der Waals surface area contributed by atoms with Crippen molar-refractivity contribution in [1.29, 1.82) is 0 Å². The highest BCUT2D eigenvalue weighted by atomic mass is 16.6. The van der Waals surface area contributed by atoms with Crippen molar-refractivity contribution >= 4 is 12.1 Å². The van der Waals surface area contributed by atoms with Gasteiger partial charge in [0.15, 0.2) is 0 Å². The van der Waals surface area contributed by atoms with Crippen LogP contribution in [-0.4, -0.2) is 49.8 Å². The summed E-state index contributed by atoms with van der Waals surface area (Å²) in [5, 5.41) is 2.77. The highest BCUT2D eigenvalue weighted by molar-refractivity contribution is 5.72. The number of ether oxygens (including phenoxy) is 4. The van der Waals surface area contributed by atoms with Crippen molar-refractivity contribution in [2.45, 2.75) is 32.9 Å². The molecule has 0 spiro atoms. The molecule has 3 aromatic rings. The van der Waals surface area contributed by atoms with Gasteiger partial charge in [-0.15, -0.1) is 0 Å². The van der Waals surface area contributed by atoms with E-state index in [1.54, 1.807) is 24.3 Å². The van der Waals surface area contributed by atoms with Gasteiger partial charge in [0, 0.05) is 13.1 Å². The zero-order valence-electron chi connectivity index (χ0n) is 22.3. The van der Waals surface area contributed by atoms with Crippen LogP contribution in [0.15, 0.2) is 78.9 Å². The van der Waals surface area contributed by atoms with E-state index >= 15 is 0 Å². The van der Waals surface area contributed by atoms with Gasteiger partial charge in [-0.1, -0.05) is 42.5 Å². The zero-order chi connectivity index (χ0) is 27.3. The van der Waals surface area contributed by atoms with E-state index < -0.39 is 6.09 Å². The monoisotopic (exact) mass is 532 g/mol. The standard InChI is InChI=1S/C31H36N2O6/c1-2-36-30(34)26-15-17-33(18-16-26)19-20-37-27-11-13-28(14-12-27)39-31(35)32-22-25-9-6-10-29(21-25)38-23-24-7-4-3-5-8-24/h3-14,21,26H,2,15-20,22-23H2,1H3,(H,32,35). The van der Waals surface area contributed by atoms with Gasteiger partial charge in [0.1, 0.15) is 30.5 Å². The lowest BCUT2D eigenvalue weighted by Gasteiger charge is -2.30. The van der Waals surface area contributed by atoms with E-state index in [4.69, 9.17) is 18.9 Å². The van der Waals surface area contributed by atoms with Crippen LogP contribution in [0, 0.1) is 5.92 Å². The number of nitrogens with one attached hydrogen (secondary N) is 1. The first-order valence-corrected chi connectivity index (χ1v) is 13.4. The Morgan fingerprint density at radius 1 is 0.846 bits per heavy atom. The predicted molar refractivity (Wildman–Crippen MR) is 148 cm³/mol. The number of carbonyl (C=O) groups excluding carboxylic acids is 2. The third kappa shape index (κ3) is 9.33. The summed E-state index contributed by atoms with van der Waals surface area (Å²) in [5.74, 6) is 1.80. The van der Waals surface area contributed by atoms with Crippen molar-refractivity contribution < 1.29 is 28.5 Å². The quantitative estimate of drug-likeness (QED) is 0.321. The molecule has 0 saturated carbocycles. The second-order valence-electron chi connectivity index (χ2n) is 9.35. The number of piperidine rings is 1. The molecule has 8 nitrogen and oxygen atoms in total. The number of likely N-dealkylation sites (tertiary alicyclic amines) is 1. The van der Waals surface area contributed by atoms with Crippen molar-refractivity contribution in [2.24, 2.45) is 5.92 Å². The fourth-order valence-electron chi connectivity index (χ4n) is 4.35. The molecule has 0 bridgehead atoms. The van der Waals surface area contributed by atoms with E-state index in [-0.39, 0.29) is 11.9 Å². The molecule has 1 aliphatic rings. The zero-order valence-corrected chi connectivity index (χ0v) is 22.3. The Kier molecular flexibility index (Phi) is 10.6. The van der Waals surface area contributed by atoms with E-state index in [0.29, 0.717) is 37.9 Å². The molecule has 4 rings (SSSR count). The Labute approximate surface area is 229 Å². The van der Waals surface area contributed by atoms with Gasteiger partial charge in [0.2, 0.25) is 0 Å². The molecular formula is C31H36N2O6. The van der Waals surface area contributed by atoms with Crippen molar-refractivity contribution in [3.8, 4) is 17.2 Å². The molecule has 0 atom stereocenters. The lowest BCUT2D eigenvalue weighted by atomic mass is 9.97. The summed E-state index contributed by atoms with van der Waals surface area (Å²) in [5.41, 5.74) is 2.00. The van der Waals surface area contributed by atoms with Crippen molar-refractivity contribution in [3.05, 3.63) is 90.0 Å². The third-order valence-electron chi connectivity index (χ3n) is 6.50. The SMILES string of the molecule is CCOC(=O)C1CCN(CCOc2ccc(OC(=O)NCc3cccc(OCc4ccccc4)c3)cc2)CC1. The molecule has 1 saturated heterocycles. The first-order valence-electron chi connectivity index (χ1n) is 13.4. The number of nitrogens with zero attached hydrogens (tertiary/aromatic N) is 1. The van der Waals surface area contributed by atoms with Crippen molar-refractivity contribution in [3.63, 3.8) is 0 Å². The molecule has 1 heterocycles. The Hall–Kier alpha value is -4.04. The first-order chi connectivity index (χ1) is 19.1. The molecule has 8 heteroatoms. The van der Waals surface area contributed by atoms with Crippen molar-refractivity contribution in [1.82, 2.24) is 10.2 Å². The summed E-state index contributed by atoms with van der Waals surface area (Å²) < 4.78 is 22.2. The smallest absolute Gasteiger partial charge is 0.412 e. The Bertz CT molecular complexity index is 1180. The summed E-state index contributed by atoms with van der Waals surface area (Å²) in [6, 6.07) is 24.5. The van der Waals surface area contributed by atoms with Crippen LogP contribution in [0.25, 0.3) is 0 Å². The minimum atomic E-state index is -0.537. The number of hydrogen-bond donors (Lipinski definition) is 1. The van der Waals surface area contributed by atoms with Crippen LogP contribution >= 0.6 is 0 Å². The number of rotatable bonds is 12. The van der Waals surface area contributed by atoms with Gasteiger partial charge in [-0.05, 0) is 80.4 Å². The maximum absolute atomic E-state index is 12.3. The van der Waals surface area contributed by atoms with Gasteiger partial charge >= 0.3 is 12.1 Å². The maximum atomic E-state index is 12.3. The molecule has 0 aliphatic carbocycles.